The van der Waals surface area contributed by atoms with Crippen molar-refractivity contribution in [2.24, 2.45) is 0 Å². The van der Waals surface area contributed by atoms with Gasteiger partial charge in [-0.25, -0.2) is 12.8 Å². The lowest BCUT2D eigenvalue weighted by Gasteiger charge is -2.06. The second-order valence-electron chi connectivity index (χ2n) is 4.33. The molecule has 0 fully saturated rings. The predicted molar refractivity (Wildman–Crippen MR) is 75.3 cm³/mol. The fourth-order valence-electron chi connectivity index (χ4n) is 2.00. The van der Waals surface area contributed by atoms with Gasteiger partial charge in [0.2, 0.25) is 0 Å². The SMILES string of the molecule is Cc1nn(Cc2ccc(Cl)cc2F)c(C)c1S(=O)(=O)Cl. The second kappa shape index (κ2) is 5.35. The molecule has 0 unspecified atom stereocenters. The zero-order valence-electron chi connectivity index (χ0n) is 10.7. The first-order chi connectivity index (χ1) is 9.20. The van der Waals surface area contributed by atoms with Crippen molar-refractivity contribution in [2.45, 2.75) is 25.3 Å². The standard InChI is InChI=1S/C12H11Cl2FN2O2S/c1-7-12(20(14,18)19)8(2)17(16-7)6-9-3-4-10(13)5-11(9)15/h3-5H,6H2,1-2H3. The molecule has 0 saturated heterocycles. The van der Waals surface area contributed by atoms with Gasteiger partial charge in [-0.15, -0.1) is 0 Å². The fourth-order valence-corrected chi connectivity index (χ4v) is 3.68. The van der Waals surface area contributed by atoms with Crippen LogP contribution in [0.3, 0.4) is 0 Å². The predicted octanol–water partition coefficient (Wildman–Crippen LogP) is 3.27. The Morgan fingerprint density at radius 3 is 2.50 bits per heavy atom. The van der Waals surface area contributed by atoms with Crippen LogP contribution in [0.25, 0.3) is 0 Å². The molecular weight excluding hydrogens is 326 g/mol. The van der Waals surface area contributed by atoms with Gasteiger partial charge in [0.05, 0.1) is 17.9 Å². The minimum atomic E-state index is -3.88. The maximum atomic E-state index is 13.7. The van der Waals surface area contributed by atoms with E-state index in [0.29, 0.717) is 16.3 Å². The molecule has 0 saturated carbocycles. The van der Waals surface area contributed by atoms with Gasteiger partial charge in [-0.2, -0.15) is 5.10 Å². The first kappa shape index (κ1) is 15.3. The van der Waals surface area contributed by atoms with Crippen molar-refractivity contribution >= 4 is 31.3 Å². The van der Waals surface area contributed by atoms with Crippen molar-refractivity contribution in [1.82, 2.24) is 9.78 Å². The maximum Gasteiger partial charge on any atom is 0.264 e. The van der Waals surface area contributed by atoms with Crippen molar-refractivity contribution < 1.29 is 12.8 Å². The molecule has 0 aliphatic heterocycles. The molecule has 0 spiro atoms. The lowest BCUT2D eigenvalue weighted by Crippen LogP contribution is -2.06. The van der Waals surface area contributed by atoms with Crippen LogP contribution in [0.5, 0.6) is 0 Å². The molecular formula is C12H11Cl2FN2O2S. The second-order valence-corrected chi connectivity index (χ2v) is 7.27. The Morgan fingerprint density at radius 1 is 1.35 bits per heavy atom. The average Bonchev–Trinajstić information content (AvgIpc) is 2.57. The molecule has 108 valence electrons. The van der Waals surface area contributed by atoms with Gasteiger partial charge < -0.3 is 0 Å². The minimum Gasteiger partial charge on any atom is -0.264 e. The lowest BCUT2D eigenvalue weighted by molar-refractivity contribution is 0.578. The van der Waals surface area contributed by atoms with E-state index in [9.17, 15) is 12.8 Å². The lowest BCUT2D eigenvalue weighted by atomic mass is 10.2. The average molecular weight is 337 g/mol. The van der Waals surface area contributed by atoms with Crippen LogP contribution < -0.4 is 0 Å². The monoisotopic (exact) mass is 336 g/mol. The van der Waals surface area contributed by atoms with E-state index >= 15 is 0 Å². The van der Waals surface area contributed by atoms with E-state index in [0.717, 1.165) is 0 Å². The van der Waals surface area contributed by atoms with Crippen LogP contribution in [-0.2, 0) is 15.6 Å². The van der Waals surface area contributed by atoms with E-state index in [1.165, 1.54) is 23.7 Å². The van der Waals surface area contributed by atoms with Crippen LogP contribution in [0.15, 0.2) is 23.1 Å². The van der Waals surface area contributed by atoms with Gasteiger partial charge in [0.25, 0.3) is 9.05 Å². The Morgan fingerprint density at radius 2 is 2.00 bits per heavy atom. The Hall–Kier alpha value is -1.11. The van der Waals surface area contributed by atoms with Crippen molar-refractivity contribution in [3.05, 3.63) is 46.0 Å². The number of nitrogens with zero attached hydrogens (tertiary/aromatic N) is 2. The van der Waals surface area contributed by atoms with E-state index in [-0.39, 0.29) is 17.1 Å². The highest BCUT2D eigenvalue weighted by Gasteiger charge is 2.22. The summed E-state index contributed by atoms with van der Waals surface area (Å²) >= 11 is 5.68. The van der Waals surface area contributed by atoms with E-state index in [1.807, 2.05) is 0 Å². The molecule has 2 rings (SSSR count). The Balaban J connectivity index is 2.46. The van der Waals surface area contributed by atoms with Crippen LogP contribution in [0.2, 0.25) is 5.02 Å². The topological polar surface area (TPSA) is 52.0 Å². The maximum absolute atomic E-state index is 13.7. The summed E-state index contributed by atoms with van der Waals surface area (Å²) in [7, 11) is 1.49. The molecule has 1 heterocycles. The normalized spacial score (nSPS) is 11.8. The molecule has 0 radical (unpaired) electrons. The largest absolute Gasteiger partial charge is 0.264 e. The summed E-state index contributed by atoms with van der Waals surface area (Å²) in [4.78, 5) is -0.0338. The molecule has 20 heavy (non-hydrogen) atoms. The molecule has 4 nitrogen and oxygen atoms in total. The Kier molecular flexibility index (Phi) is 4.09. The summed E-state index contributed by atoms with van der Waals surface area (Å²) in [5.74, 6) is -0.472. The van der Waals surface area contributed by atoms with Crippen LogP contribution in [-0.4, -0.2) is 18.2 Å². The number of aromatic nitrogens is 2. The van der Waals surface area contributed by atoms with Crippen molar-refractivity contribution in [1.29, 1.82) is 0 Å². The Bertz CT molecular complexity index is 772. The number of rotatable bonds is 3. The molecule has 0 aliphatic carbocycles. The summed E-state index contributed by atoms with van der Waals surface area (Å²) in [6.45, 7) is 3.21. The third kappa shape index (κ3) is 2.97. The smallest absolute Gasteiger partial charge is 0.264 e. The van der Waals surface area contributed by atoms with Gasteiger partial charge in [0.15, 0.2) is 0 Å². The zero-order chi connectivity index (χ0) is 15.1. The van der Waals surface area contributed by atoms with Crippen LogP contribution in [0.1, 0.15) is 17.0 Å². The van der Waals surface area contributed by atoms with Gasteiger partial charge in [-0.3, -0.25) is 4.68 Å². The third-order valence-corrected chi connectivity index (χ3v) is 4.67. The molecule has 1 aromatic carbocycles. The fraction of sp³-hybridized carbons (Fsp3) is 0.250. The number of benzene rings is 1. The van der Waals surface area contributed by atoms with Gasteiger partial charge in [-0.1, -0.05) is 17.7 Å². The highest BCUT2D eigenvalue weighted by molar-refractivity contribution is 8.13. The van der Waals surface area contributed by atoms with E-state index in [2.05, 4.69) is 5.10 Å². The first-order valence-electron chi connectivity index (χ1n) is 5.62. The molecule has 0 N–H and O–H groups in total. The van der Waals surface area contributed by atoms with Gasteiger partial charge in [-0.05, 0) is 26.0 Å². The summed E-state index contributed by atoms with van der Waals surface area (Å²) < 4.78 is 38.1. The van der Waals surface area contributed by atoms with Gasteiger partial charge in [0.1, 0.15) is 10.7 Å². The summed E-state index contributed by atoms with van der Waals surface area (Å²) in [5, 5.41) is 4.38. The van der Waals surface area contributed by atoms with Crippen molar-refractivity contribution in [3.8, 4) is 0 Å². The summed E-state index contributed by atoms with van der Waals surface area (Å²) in [6.07, 6.45) is 0. The van der Waals surface area contributed by atoms with Crippen LogP contribution >= 0.6 is 22.3 Å². The van der Waals surface area contributed by atoms with Crippen molar-refractivity contribution in [2.75, 3.05) is 0 Å². The highest BCUT2D eigenvalue weighted by atomic mass is 35.7. The number of hydrogen-bond acceptors (Lipinski definition) is 3. The molecule has 0 amide bonds. The number of hydrogen-bond donors (Lipinski definition) is 0. The van der Waals surface area contributed by atoms with Crippen LogP contribution in [0, 0.1) is 19.7 Å². The molecule has 2 aromatic rings. The minimum absolute atomic E-state index is 0.0338. The highest BCUT2D eigenvalue weighted by Crippen LogP contribution is 2.24. The number of aryl methyl sites for hydroxylation is 1. The number of halogens is 3. The molecule has 1 aromatic heterocycles. The Labute approximate surface area is 125 Å². The van der Waals surface area contributed by atoms with E-state index < -0.39 is 14.9 Å². The van der Waals surface area contributed by atoms with Crippen LogP contribution in [0.4, 0.5) is 4.39 Å². The van der Waals surface area contributed by atoms with Gasteiger partial charge >= 0.3 is 0 Å². The van der Waals surface area contributed by atoms with Gasteiger partial charge in [0, 0.05) is 21.3 Å². The molecule has 0 bridgehead atoms. The van der Waals surface area contributed by atoms with E-state index in [4.69, 9.17) is 22.3 Å². The summed E-state index contributed by atoms with van der Waals surface area (Å²) in [5.41, 5.74) is 1.01. The molecule has 0 atom stereocenters. The quantitative estimate of drug-likeness (QED) is 0.808. The molecule has 8 heteroatoms. The van der Waals surface area contributed by atoms with E-state index in [1.54, 1.807) is 13.0 Å². The first-order valence-corrected chi connectivity index (χ1v) is 8.31. The van der Waals surface area contributed by atoms with Crippen molar-refractivity contribution in [3.63, 3.8) is 0 Å². The third-order valence-electron chi connectivity index (χ3n) is 2.89. The summed E-state index contributed by atoms with van der Waals surface area (Å²) in [6, 6.07) is 4.29. The molecule has 0 aliphatic rings. The zero-order valence-corrected chi connectivity index (χ0v) is 13.0.